The van der Waals surface area contributed by atoms with E-state index in [0.717, 1.165) is 0 Å². The molecule has 0 heterocycles. The fraction of sp³-hybridized carbons (Fsp3) is 0.700. The van der Waals surface area contributed by atoms with Crippen molar-refractivity contribution in [2.24, 2.45) is 23.3 Å². The zero-order chi connectivity index (χ0) is 25.9. The van der Waals surface area contributed by atoms with Crippen molar-refractivity contribution in [3.8, 4) is 0 Å². The Bertz CT molecular complexity index is 742. The zero-order valence-corrected chi connectivity index (χ0v) is 19.3. The number of nitrogens with two attached hydrogens (primary N) is 2. The molecule has 0 bridgehead atoms. The molecule has 188 valence electrons. The molecule has 0 aromatic rings. The van der Waals surface area contributed by atoms with E-state index in [9.17, 15) is 33.9 Å². The van der Waals surface area contributed by atoms with Crippen molar-refractivity contribution in [1.29, 1.82) is 0 Å². The summed E-state index contributed by atoms with van der Waals surface area (Å²) in [6.07, 6.45) is -0.845. The summed E-state index contributed by atoms with van der Waals surface area (Å²) in [6.45, 7) is 7.00. The number of carboxylic acid groups (broad SMARTS) is 2. The van der Waals surface area contributed by atoms with Gasteiger partial charge in [0.25, 0.3) is 0 Å². The second-order valence-corrected chi connectivity index (χ2v) is 8.33. The first-order chi connectivity index (χ1) is 15.2. The lowest BCUT2D eigenvalue weighted by molar-refractivity contribution is -0.144. The summed E-state index contributed by atoms with van der Waals surface area (Å²) >= 11 is 0. The minimum absolute atomic E-state index is 0.0829. The second kappa shape index (κ2) is 14.0. The van der Waals surface area contributed by atoms with Crippen LogP contribution in [0.15, 0.2) is 0 Å². The first kappa shape index (κ1) is 29.8. The molecule has 4 amide bonds. The molecule has 0 aliphatic heterocycles. The predicted molar refractivity (Wildman–Crippen MR) is 116 cm³/mol. The van der Waals surface area contributed by atoms with Gasteiger partial charge in [0.2, 0.25) is 23.6 Å². The molecule has 0 aliphatic carbocycles. The van der Waals surface area contributed by atoms with Crippen molar-refractivity contribution in [1.82, 2.24) is 16.0 Å². The number of aliphatic carboxylic acids is 2. The van der Waals surface area contributed by atoms with Crippen LogP contribution < -0.4 is 27.4 Å². The number of hydrogen-bond acceptors (Lipinski definition) is 7. The van der Waals surface area contributed by atoms with Gasteiger partial charge in [0, 0.05) is 0 Å². The highest BCUT2D eigenvalue weighted by molar-refractivity contribution is 5.97. The van der Waals surface area contributed by atoms with Crippen molar-refractivity contribution >= 4 is 35.6 Å². The topological polar surface area (TPSA) is 231 Å². The molecule has 9 N–H and O–H groups in total. The molecule has 5 atom stereocenters. The molecule has 0 aromatic carbocycles. The summed E-state index contributed by atoms with van der Waals surface area (Å²) in [4.78, 5) is 71.6. The Morgan fingerprint density at radius 3 is 1.64 bits per heavy atom. The van der Waals surface area contributed by atoms with Crippen LogP contribution in [0.2, 0.25) is 0 Å². The Balaban J connectivity index is 5.58. The van der Waals surface area contributed by atoms with E-state index >= 15 is 0 Å². The van der Waals surface area contributed by atoms with Gasteiger partial charge in [-0.25, -0.2) is 4.79 Å². The summed E-state index contributed by atoms with van der Waals surface area (Å²) in [7, 11) is 0. The molecule has 0 saturated carbocycles. The fourth-order valence-corrected chi connectivity index (χ4v) is 2.81. The van der Waals surface area contributed by atoms with E-state index in [1.54, 1.807) is 27.7 Å². The summed E-state index contributed by atoms with van der Waals surface area (Å²) in [5, 5.41) is 25.1. The minimum atomic E-state index is -1.60. The third kappa shape index (κ3) is 11.3. The van der Waals surface area contributed by atoms with E-state index in [1.807, 2.05) is 0 Å². The number of rotatable bonds is 15. The van der Waals surface area contributed by atoms with E-state index in [-0.39, 0.29) is 18.3 Å². The van der Waals surface area contributed by atoms with E-state index in [0.29, 0.717) is 6.42 Å². The highest BCUT2D eigenvalue weighted by Crippen LogP contribution is 2.08. The minimum Gasteiger partial charge on any atom is -0.481 e. The highest BCUT2D eigenvalue weighted by Gasteiger charge is 2.33. The normalized spacial score (nSPS) is 15.5. The van der Waals surface area contributed by atoms with Gasteiger partial charge < -0.3 is 37.6 Å². The number of carboxylic acids is 2. The Hall–Kier alpha value is -3.22. The predicted octanol–water partition coefficient (Wildman–Crippen LogP) is -1.70. The molecule has 0 rings (SSSR count). The largest absolute Gasteiger partial charge is 0.481 e. The maximum atomic E-state index is 12.7. The van der Waals surface area contributed by atoms with E-state index in [4.69, 9.17) is 16.6 Å². The van der Waals surface area contributed by atoms with Gasteiger partial charge in [0.15, 0.2) is 0 Å². The zero-order valence-electron chi connectivity index (χ0n) is 19.3. The van der Waals surface area contributed by atoms with E-state index in [1.165, 1.54) is 0 Å². The van der Waals surface area contributed by atoms with Crippen molar-refractivity contribution < 1.29 is 39.0 Å². The Labute approximate surface area is 192 Å². The van der Waals surface area contributed by atoms with Crippen LogP contribution in [0, 0.1) is 11.8 Å². The van der Waals surface area contributed by atoms with Crippen LogP contribution >= 0.6 is 0 Å². The average molecular weight is 474 g/mol. The van der Waals surface area contributed by atoms with Crippen LogP contribution in [0.3, 0.4) is 0 Å². The maximum absolute atomic E-state index is 12.7. The SMILES string of the molecule is CCC(C)C(N)C(=O)NC(CC(=O)O)C(=O)NC(CC(N)=O)C(=O)NC(CC(C)C)C(=O)O. The number of primary amides is 1. The Kier molecular flexibility index (Phi) is 12.7. The molecule has 0 fully saturated rings. The molecule has 13 nitrogen and oxygen atoms in total. The molecule has 33 heavy (non-hydrogen) atoms. The summed E-state index contributed by atoms with van der Waals surface area (Å²) in [6, 6.07) is -5.47. The monoisotopic (exact) mass is 473 g/mol. The number of hydrogen-bond donors (Lipinski definition) is 7. The Morgan fingerprint density at radius 2 is 1.24 bits per heavy atom. The summed E-state index contributed by atoms with van der Waals surface area (Å²) in [5.74, 6) is -6.84. The van der Waals surface area contributed by atoms with Crippen LogP contribution in [0.1, 0.15) is 53.4 Å². The molecule has 0 aromatic heterocycles. The van der Waals surface area contributed by atoms with E-state index in [2.05, 4.69) is 16.0 Å². The second-order valence-electron chi connectivity index (χ2n) is 8.33. The van der Waals surface area contributed by atoms with Crippen LogP contribution in [0.4, 0.5) is 0 Å². The van der Waals surface area contributed by atoms with Gasteiger partial charge in [0.05, 0.1) is 18.9 Å². The quantitative estimate of drug-likeness (QED) is 0.143. The lowest BCUT2D eigenvalue weighted by Crippen LogP contribution is -2.58. The molecule has 0 radical (unpaired) electrons. The van der Waals surface area contributed by atoms with Crippen molar-refractivity contribution in [2.45, 2.75) is 77.5 Å². The van der Waals surface area contributed by atoms with Crippen LogP contribution in [0.5, 0.6) is 0 Å². The lowest BCUT2D eigenvalue weighted by Gasteiger charge is -2.25. The standard InChI is InChI=1S/C20H35N5O8/c1-5-10(4)16(22)19(31)24-12(8-15(27)28)18(30)23-11(7-14(21)26)17(29)25-13(20(32)33)6-9(2)3/h9-13,16H,5-8,22H2,1-4H3,(H2,21,26)(H,23,30)(H,24,31)(H,25,29)(H,27,28)(H,32,33). The Morgan fingerprint density at radius 1 is 0.788 bits per heavy atom. The third-order valence-electron chi connectivity index (χ3n) is 4.93. The molecular formula is C20H35N5O8. The number of carbonyl (C=O) groups excluding carboxylic acids is 4. The van der Waals surface area contributed by atoms with Crippen LogP contribution in [0.25, 0.3) is 0 Å². The van der Waals surface area contributed by atoms with Gasteiger partial charge in [-0.05, 0) is 18.3 Å². The number of amides is 4. The highest BCUT2D eigenvalue weighted by atomic mass is 16.4. The first-order valence-electron chi connectivity index (χ1n) is 10.6. The van der Waals surface area contributed by atoms with E-state index < -0.39 is 72.6 Å². The first-order valence-corrected chi connectivity index (χ1v) is 10.6. The van der Waals surface area contributed by atoms with Crippen LogP contribution in [-0.4, -0.2) is 69.9 Å². The fourth-order valence-electron chi connectivity index (χ4n) is 2.81. The summed E-state index contributed by atoms with van der Waals surface area (Å²) < 4.78 is 0. The van der Waals surface area contributed by atoms with Gasteiger partial charge >= 0.3 is 11.9 Å². The summed E-state index contributed by atoms with van der Waals surface area (Å²) in [5.41, 5.74) is 11.0. The van der Waals surface area contributed by atoms with Gasteiger partial charge in [-0.2, -0.15) is 0 Å². The third-order valence-corrected chi connectivity index (χ3v) is 4.93. The van der Waals surface area contributed by atoms with Gasteiger partial charge in [-0.3, -0.25) is 24.0 Å². The van der Waals surface area contributed by atoms with Gasteiger partial charge in [0.1, 0.15) is 18.1 Å². The smallest absolute Gasteiger partial charge is 0.326 e. The molecule has 0 saturated heterocycles. The molecule has 5 unspecified atom stereocenters. The van der Waals surface area contributed by atoms with Crippen molar-refractivity contribution in [2.75, 3.05) is 0 Å². The molecule has 13 heteroatoms. The van der Waals surface area contributed by atoms with Crippen molar-refractivity contribution in [3.05, 3.63) is 0 Å². The lowest BCUT2D eigenvalue weighted by atomic mass is 9.99. The van der Waals surface area contributed by atoms with Gasteiger partial charge in [-0.1, -0.05) is 34.1 Å². The maximum Gasteiger partial charge on any atom is 0.326 e. The average Bonchev–Trinajstić information content (AvgIpc) is 2.69. The number of nitrogens with one attached hydrogen (secondary N) is 3. The molecule has 0 aliphatic rings. The number of carbonyl (C=O) groups is 6. The molecular weight excluding hydrogens is 438 g/mol. The van der Waals surface area contributed by atoms with Gasteiger partial charge in [-0.15, -0.1) is 0 Å². The van der Waals surface area contributed by atoms with Crippen molar-refractivity contribution in [3.63, 3.8) is 0 Å². The molecule has 0 spiro atoms. The van der Waals surface area contributed by atoms with Crippen LogP contribution in [-0.2, 0) is 28.8 Å².